The summed E-state index contributed by atoms with van der Waals surface area (Å²) in [7, 11) is 1.32. The van der Waals surface area contributed by atoms with Crippen molar-refractivity contribution >= 4 is 45.8 Å². The lowest BCUT2D eigenvalue weighted by Crippen LogP contribution is -2.34. The van der Waals surface area contributed by atoms with Crippen LogP contribution in [-0.4, -0.2) is 33.0 Å². The average Bonchev–Trinajstić information content (AvgIpc) is 3.24. The van der Waals surface area contributed by atoms with E-state index in [1.54, 1.807) is 30.5 Å². The lowest BCUT2D eigenvalue weighted by molar-refractivity contribution is -0.385. The normalized spacial score (nSPS) is 10.6. The molecule has 0 spiro atoms. The molecule has 0 saturated heterocycles. The maximum atomic E-state index is 12.5. The third kappa shape index (κ3) is 4.62. The summed E-state index contributed by atoms with van der Waals surface area (Å²) in [5.41, 5.74) is 3.13. The number of anilines is 1. The van der Waals surface area contributed by atoms with E-state index in [2.05, 4.69) is 20.6 Å². The number of aromatic nitrogens is 2. The van der Waals surface area contributed by atoms with Gasteiger partial charge >= 0.3 is 5.69 Å². The minimum Gasteiger partial charge on any atom is -0.490 e. The van der Waals surface area contributed by atoms with Crippen molar-refractivity contribution in [2.45, 2.75) is 6.92 Å². The molecule has 0 radical (unpaired) electrons. The standard InChI is InChI=1S/C22H17N5O5S/c1-12-10-14(21-25-19-18(32-21)4-3-9-23-19)5-7-15(12)24-22(33)26-20(28)13-6-8-17(31-2)16(11-13)27(29)30/h3-11H,1-2H3,(H2,24,26,28,33). The van der Waals surface area contributed by atoms with E-state index in [9.17, 15) is 14.9 Å². The minimum absolute atomic E-state index is 0.0420. The molecule has 4 rings (SSSR count). The van der Waals surface area contributed by atoms with Crippen LogP contribution in [0.15, 0.2) is 59.1 Å². The zero-order chi connectivity index (χ0) is 23.5. The number of fused-ring (bicyclic) bond motifs is 1. The number of nitro benzene ring substituents is 1. The molecule has 33 heavy (non-hydrogen) atoms. The van der Waals surface area contributed by atoms with Gasteiger partial charge in [0.15, 0.2) is 22.1 Å². The van der Waals surface area contributed by atoms with Crippen LogP contribution in [0.1, 0.15) is 15.9 Å². The SMILES string of the molecule is COc1ccc(C(=O)NC(=S)Nc2ccc(-c3nc4ncccc4o3)cc2C)cc1[N+](=O)[O-]. The van der Waals surface area contributed by atoms with E-state index in [-0.39, 0.29) is 22.1 Å². The van der Waals surface area contributed by atoms with Crippen LogP contribution >= 0.6 is 12.2 Å². The molecule has 0 aliphatic carbocycles. The molecule has 0 fully saturated rings. The second-order valence-electron chi connectivity index (χ2n) is 6.93. The van der Waals surface area contributed by atoms with Gasteiger partial charge in [-0.25, -0.2) is 4.98 Å². The van der Waals surface area contributed by atoms with Crippen LogP contribution < -0.4 is 15.4 Å². The van der Waals surface area contributed by atoms with E-state index in [1.165, 1.54) is 19.2 Å². The molecule has 0 unspecified atom stereocenters. The summed E-state index contributed by atoms with van der Waals surface area (Å²) in [6, 6.07) is 12.9. The first-order chi connectivity index (χ1) is 15.9. The molecular weight excluding hydrogens is 446 g/mol. The quantitative estimate of drug-likeness (QED) is 0.253. The number of benzene rings is 2. The Labute approximate surface area is 192 Å². The van der Waals surface area contributed by atoms with Crippen molar-refractivity contribution < 1.29 is 18.9 Å². The van der Waals surface area contributed by atoms with Gasteiger partial charge in [0, 0.05) is 29.1 Å². The molecule has 11 heteroatoms. The van der Waals surface area contributed by atoms with Gasteiger partial charge in [0.25, 0.3) is 5.91 Å². The summed E-state index contributed by atoms with van der Waals surface area (Å²) in [6.07, 6.45) is 1.65. The van der Waals surface area contributed by atoms with Crippen LogP contribution in [-0.2, 0) is 0 Å². The van der Waals surface area contributed by atoms with Crippen LogP contribution in [0.3, 0.4) is 0 Å². The number of thiocarbonyl (C=S) groups is 1. The molecule has 0 aliphatic heterocycles. The van der Waals surface area contributed by atoms with Crippen molar-refractivity contribution in [3.63, 3.8) is 0 Å². The van der Waals surface area contributed by atoms with E-state index < -0.39 is 10.8 Å². The number of methoxy groups -OCH3 is 1. The molecule has 2 aromatic carbocycles. The van der Waals surface area contributed by atoms with Crippen molar-refractivity contribution in [3.8, 4) is 17.2 Å². The second-order valence-corrected chi connectivity index (χ2v) is 7.33. The molecular formula is C22H17N5O5S. The number of oxazole rings is 1. The number of carbonyl (C=O) groups excluding carboxylic acids is 1. The predicted molar refractivity (Wildman–Crippen MR) is 125 cm³/mol. The first-order valence-electron chi connectivity index (χ1n) is 9.63. The Morgan fingerprint density at radius 3 is 2.73 bits per heavy atom. The maximum Gasteiger partial charge on any atom is 0.311 e. The average molecular weight is 463 g/mol. The van der Waals surface area contributed by atoms with E-state index in [4.69, 9.17) is 21.4 Å². The zero-order valence-corrected chi connectivity index (χ0v) is 18.3. The number of carbonyl (C=O) groups is 1. The number of ether oxygens (including phenoxy) is 1. The first-order valence-corrected chi connectivity index (χ1v) is 10.0. The fraction of sp³-hybridized carbons (Fsp3) is 0.0909. The number of nitrogens with one attached hydrogen (secondary N) is 2. The number of aryl methyl sites for hydroxylation is 1. The van der Waals surface area contributed by atoms with Gasteiger partial charge in [-0.1, -0.05) is 0 Å². The number of hydrogen-bond donors (Lipinski definition) is 2. The second kappa shape index (κ2) is 9.01. The van der Waals surface area contributed by atoms with Crippen LogP contribution in [0.5, 0.6) is 5.75 Å². The number of nitro groups is 1. The Bertz CT molecular complexity index is 1370. The number of nitrogens with zero attached hydrogens (tertiary/aromatic N) is 3. The highest BCUT2D eigenvalue weighted by Crippen LogP contribution is 2.28. The summed E-state index contributed by atoms with van der Waals surface area (Å²) in [5.74, 6) is -0.0930. The molecule has 1 amide bonds. The highest BCUT2D eigenvalue weighted by atomic mass is 32.1. The Morgan fingerprint density at radius 2 is 2.03 bits per heavy atom. The summed E-state index contributed by atoms with van der Waals surface area (Å²) < 4.78 is 10.7. The van der Waals surface area contributed by atoms with Crippen molar-refractivity contribution in [1.29, 1.82) is 0 Å². The summed E-state index contributed by atoms with van der Waals surface area (Å²) >= 11 is 5.23. The molecule has 2 heterocycles. The fourth-order valence-electron chi connectivity index (χ4n) is 3.13. The summed E-state index contributed by atoms with van der Waals surface area (Å²) in [4.78, 5) is 31.6. The van der Waals surface area contributed by atoms with Crippen LogP contribution in [0, 0.1) is 17.0 Å². The third-order valence-electron chi connectivity index (χ3n) is 4.75. The molecule has 4 aromatic rings. The largest absolute Gasteiger partial charge is 0.490 e. The molecule has 10 nitrogen and oxygen atoms in total. The van der Waals surface area contributed by atoms with Crippen molar-refractivity contribution in [1.82, 2.24) is 15.3 Å². The van der Waals surface area contributed by atoms with Gasteiger partial charge in [-0.3, -0.25) is 20.2 Å². The number of amides is 1. The monoisotopic (exact) mass is 463 g/mol. The summed E-state index contributed by atoms with van der Waals surface area (Å²) in [5, 5.41) is 16.7. The van der Waals surface area contributed by atoms with Crippen molar-refractivity contribution in [2.75, 3.05) is 12.4 Å². The third-order valence-corrected chi connectivity index (χ3v) is 4.96. The molecule has 0 aliphatic rings. The Balaban J connectivity index is 1.47. The predicted octanol–water partition coefficient (Wildman–Crippen LogP) is 4.24. The van der Waals surface area contributed by atoms with E-state index in [0.29, 0.717) is 22.8 Å². The topological polar surface area (TPSA) is 132 Å². The Morgan fingerprint density at radius 1 is 1.21 bits per heavy atom. The number of hydrogen-bond acceptors (Lipinski definition) is 8. The van der Waals surface area contributed by atoms with Gasteiger partial charge in [0.05, 0.1) is 12.0 Å². The van der Waals surface area contributed by atoms with Gasteiger partial charge in [-0.2, -0.15) is 4.98 Å². The van der Waals surface area contributed by atoms with Crippen LogP contribution in [0.2, 0.25) is 0 Å². The molecule has 0 atom stereocenters. The van der Waals surface area contributed by atoms with Gasteiger partial charge in [0.1, 0.15) is 0 Å². The van der Waals surface area contributed by atoms with Crippen LogP contribution in [0.25, 0.3) is 22.7 Å². The first kappa shape index (κ1) is 21.8. The van der Waals surface area contributed by atoms with Gasteiger partial charge in [-0.15, -0.1) is 0 Å². The molecule has 2 N–H and O–H groups in total. The number of rotatable bonds is 5. The summed E-state index contributed by atoms with van der Waals surface area (Å²) in [6.45, 7) is 1.87. The number of pyridine rings is 1. The van der Waals surface area contributed by atoms with Crippen LogP contribution in [0.4, 0.5) is 11.4 Å². The van der Waals surface area contributed by atoms with Crippen molar-refractivity contribution in [2.24, 2.45) is 0 Å². The molecule has 0 saturated carbocycles. The van der Waals surface area contributed by atoms with E-state index >= 15 is 0 Å². The van der Waals surface area contributed by atoms with E-state index in [1.807, 2.05) is 13.0 Å². The lowest BCUT2D eigenvalue weighted by Gasteiger charge is -2.12. The molecule has 2 aromatic heterocycles. The zero-order valence-electron chi connectivity index (χ0n) is 17.5. The van der Waals surface area contributed by atoms with Gasteiger partial charge < -0.3 is 14.5 Å². The fourth-order valence-corrected chi connectivity index (χ4v) is 3.33. The van der Waals surface area contributed by atoms with E-state index in [0.717, 1.165) is 17.2 Å². The molecule has 0 bridgehead atoms. The Kier molecular flexibility index (Phi) is 5.96. The molecule has 166 valence electrons. The highest BCUT2D eigenvalue weighted by molar-refractivity contribution is 7.80. The maximum absolute atomic E-state index is 12.5. The minimum atomic E-state index is -0.621. The van der Waals surface area contributed by atoms with Gasteiger partial charge in [0.2, 0.25) is 5.89 Å². The van der Waals surface area contributed by atoms with Gasteiger partial charge in [-0.05, 0) is 67.2 Å². The van der Waals surface area contributed by atoms with Crippen molar-refractivity contribution in [3.05, 3.63) is 76.0 Å². The lowest BCUT2D eigenvalue weighted by atomic mass is 10.1. The smallest absolute Gasteiger partial charge is 0.311 e. The Hall–Kier alpha value is -4.38. The highest BCUT2D eigenvalue weighted by Gasteiger charge is 2.19.